The lowest BCUT2D eigenvalue weighted by Crippen LogP contribution is -2.14. The highest BCUT2D eigenvalue weighted by Gasteiger charge is 2.25. The third kappa shape index (κ3) is 4.13. The molecule has 0 spiro atoms. The van der Waals surface area contributed by atoms with Crippen LogP contribution in [0.1, 0.15) is 40.6 Å². The van der Waals surface area contributed by atoms with Gasteiger partial charge in [-0.2, -0.15) is 0 Å². The molecule has 1 aliphatic rings. The molecular formula is C33H29N. The Morgan fingerprint density at radius 1 is 0.794 bits per heavy atom. The van der Waals surface area contributed by atoms with Crippen molar-refractivity contribution in [2.75, 3.05) is 0 Å². The van der Waals surface area contributed by atoms with Crippen molar-refractivity contribution in [1.82, 2.24) is 4.57 Å². The largest absolute Gasteiger partial charge is 0.309 e. The Morgan fingerprint density at radius 2 is 1.41 bits per heavy atom. The van der Waals surface area contributed by atoms with E-state index in [1.165, 1.54) is 27.9 Å². The van der Waals surface area contributed by atoms with E-state index in [-0.39, 0.29) is 5.41 Å². The topological polar surface area (TPSA) is 4.93 Å². The number of hydrogen-bond acceptors (Lipinski definition) is 0. The number of rotatable bonds is 6. The minimum Gasteiger partial charge on any atom is -0.309 e. The average molecular weight is 440 g/mol. The van der Waals surface area contributed by atoms with Gasteiger partial charge in [-0.15, -0.1) is 0 Å². The molecule has 1 nitrogen and oxygen atoms in total. The lowest BCUT2D eigenvalue weighted by atomic mass is 9.82. The Hall–Kier alpha value is -4.10. The summed E-state index contributed by atoms with van der Waals surface area (Å²) in [6, 6.07) is 31.8. The van der Waals surface area contributed by atoms with Crippen LogP contribution in [0.2, 0.25) is 0 Å². The first kappa shape index (κ1) is 21.7. The standard InChI is InChI=1S/C33H29N/c1-3-31-29(21-13-16-26-14-7-4-8-15-26)30-22-24-33(2,27-17-9-5-10-18-27)25-23-32(30)34(31)28-19-11-6-12-20-28/h3-15,17-25H,1,16H2,2H3/b21-13-. The molecule has 166 valence electrons. The van der Waals surface area contributed by atoms with E-state index in [0.29, 0.717) is 0 Å². The third-order valence-corrected chi connectivity index (χ3v) is 6.59. The van der Waals surface area contributed by atoms with E-state index in [4.69, 9.17) is 0 Å². The molecule has 0 N–H and O–H groups in total. The molecule has 1 atom stereocenters. The molecule has 0 saturated heterocycles. The fraction of sp³-hybridized carbons (Fsp3) is 0.0909. The quantitative estimate of drug-likeness (QED) is 0.284. The summed E-state index contributed by atoms with van der Waals surface area (Å²) in [5.74, 6) is 0. The van der Waals surface area contributed by atoms with Gasteiger partial charge in [-0.25, -0.2) is 0 Å². The summed E-state index contributed by atoms with van der Waals surface area (Å²) < 4.78 is 2.32. The first-order valence-corrected chi connectivity index (χ1v) is 11.8. The molecule has 1 heteroatoms. The normalized spacial score (nSPS) is 17.0. The molecule has 0 saturated carbocycles. The van der Waals surface area contributed by atoms with E-state index in [9.17, 15) is 0 Å². The molecule has 1 aliphatic carbocycles. The van der Waals surface area contributed by atoms with Crippen LogP contribution in [-0.2, 0) is 11.8 Å². The minimum absolute atomic E-state index is 0.179. The van der Waals surface area contributed by atoms with E-state index in [1.54, 1.807) is 0 Å². The molecule has 1 heterocycles. The third-order valence-electron chi connectivity index (χ3n) is 6.59. The lowest BCUT2D eigenvalue weighted by molar-refractivity contribution is 0.766. The second kappa shape index (κ2) is 9.41. The molecule has 0 aliphatic heterocycles. The van der Waals surface area contributed by atoms with Crippen LogP contribution in [0, 0.1) is 0 Å². The monoisotopic (exact) mass is 439 g/mol. The predicted octanol–water partition coefficient (Wildman–Crippen LogP) is 8.37. The maximum absolute atomic E-state index is 4.18. The molecule has 34 heavy (non-hydrogen) atoms. The summed E-state index contributed by atoms with van der Waals surface area (Å²) in [6.45, 7) is 6.46. The van der Waals surface area contributed by atoms with Crippen LogP contribution in [0.3, 0.4) is 0 Å². The maximum atomic E-state index is 4.18. The van der Waals surface area contributed by atoms with Crippen LogP contribution in [0.5, 0.6) is 0 Å². The number of nitrogens with zero attached hydrogens (tertiary/aromatic N) is 1. The number of fused-ring (bicyclic) bond motifs is 1. The number of benzene rings is 3. The van der Waals surface area contributed by atoms with Gasteiger partial charge in [0.2, 0.25) is 0 Å². The van der Waals surface area contributed by atoms with Crippen molar-refractivity contribution in [3.05, 3.63) is 149 Å². The average Bonchev–Trinajstić information content (AvgIpc) is 3.08. The smallest absolute Gasteiger partial charge is 0.0538 e. The highest BCUT2D eigenvalue weighted by atomic mass is 15.0. The molecule has 1 aromatic heterocycles. The van der Waals surface area contributed by atoms with Crippen LogP contribution < -0.4 is 0 Å². The minimum atomic E-state index is -0.179. The number of aromatic nitrogens is 1. The zero-order chi connectivity index (χ0) is 23.4. The second-order valence-corrected chi connectivity index (χ2v) is 8.88. The Kier molecular flexibility index (Phi) is 6.01. The Bertz CT molecular complexity index is 1370. The zero-order valence-electron chi connectivity index (χ0n) is 19.6. The first-order chi connectivity index (χ1) is 16.7. The van der Waals surface area contributed by atoms with Gasteiger partial charge in [-0.1, -0.05) is 116 Å². The van der Waals surface area contributed by atoms with Crippen LogP contribution in [0.4, 0.5) is 0 Å². The van der Waals surface area contributed by atoms with Crippen molar-refractivity contribution in [2.45, 2.75) is 18.8 Å². The SMILES string of the molecule is C=Cc1c(/C=C\Cc2ccccc2)c2c(n1-c1ccccc1)C=CC(C)(c1ccccc1)C=C2. The molecule has 0 radical (unpaired) electrons. The van der Waals surface area contributed by atoms with Crippen LogP contribution in [-0.4, -0.2) is 4.57 Å². The predicted molar refractivity (Wildman–Crippen MR) is 147 cm³/mol. The van der Waals surface area contributed by atoms with Gasteiger partial charge in [0, 0.05) is 22.2 Å². The van der Waals surface area contributed by atoms with Crippen LogP contribution in [0.15, 0.2) is 116 Å². The van der Waals surface area contributed by atoms with E-state index < -0.39 is 0 Å². The summed E-state index contributed by atoms with van der Waals surface area (Å²) in [7, 11) is 0. The van der Waals surface area contributed by atoms with Gasteiger partial charge in [-0.3, -0.25) is 0 Å². The summed E-state index contributed by atoms with van der Waals surface area (Å²) in [5, 5.41) is 0. The highest BCUT2D eigenvalue weighted by molar-refractivity contribution is 5.83. The summed E-state index contributed by atoms with van der Waals surface area (Å²) in [5.41, 5.74) is 8.25. The van der Waals surface area contributed by atoms with E-state index in [0.717, 1.165) is 17.8 Å². The van der Waals surface area contributed by atoms with Crippen molar-refractivity contribution in [1.29, 1.82) is 0 Å². The van der Waals surface area contributed by atoms with Crippen molar-refractivity contribution in [3.8, 4) is 5.69 Å². The second-order valence-electron chi connectivity index (χ2n) is 8.88. The van der Waals surface area contributed by atoms with Crippen molar-refractivity contribution in [3.63, 3.8) is 0 Å². The van der Waals surface area contributed by atoms with Gasteiger partial charge >= 0.3 is 0 Å². The number of para-hydroxylation sites is 1. The van der Waals surface area contributed by atoms with Gasteiger partial charge < -0.3 is 4.57 Å². The van der Waals surface area contributed by atoms with E-state index >= 15 is 0 Å². The fourth-order valence-corrected chi connectivity index (χ4v) is 4.70. The van der Waals surface area contributed by atoms with Gasteiger partial charge in [0.15, 0.2) is 0 Å². The Balaban J connectivity index is 1.65. The zero-order valence-corrected chi connectivity index (χ0v) is 19.6. The molecule has 4 aromatic rings. The summed E-state index contributed by atoms with van der Waals surface area (Å²) in [6.07, 6.45) is 16.6. The number of hydrogen-bond donors (Lipinski definition) is 0. The highest BCUT2D eigenvalue weighted by Crippen LogP contribution is 2.37. The summed E-state index contributed by atoms with van der Waals surface area (Å²) in [4.78, 5) is 0. The van der Waals surface area contributed by atoms with Gasteiger partial charge in [0.25, 0.3) is 0 Å². The molecule has 0 bridgehead atoms. The van der Waals surface area contributed by atoms with E-state index in [2.05, 4.69) is 146 Å². The van der Waals surface area contributed by atoms with Gasteiger partial charge in [0.05, 0.1) is 11.4 Å². The molecule has 0 amide bonds. The fourth-order valence-electron chi connectivity index (χ4n) is 4.70. The molecular weight excluding hydrogens is 410 g/mol. The Labute approximate surface area is 202 Å². The number of allylic oxidation sites excluding steroid dienone is 3. The van der Waals surface area contributed by atoms with Gasteiger partial charge in [0.1, 0.15) is 0 Å². The lowest BCUT2D eigenvalue weighted by Gasteiger charge is -2.22. The van der Waals surface area contributed by atoms with Crippen molar-refractivity contribution in [2.24, 2.45) is 0 Å². The van der Waals surface area contributed by atoms with E-state index in [1.807, 2.05) is 6.08 Å². The van der Waals surface area contributed by atoms with Crippen molar-refractivity contribution >= 4 is 24.3 Å². The molecule has 1 unspecified atom stereocenters. The first-order valence-electron chi connectivity index (χ1n) is 11.8. The Morgan fingerprint density at radius 3 is 2.09 bits per heavy atom. The molecule has 5 rings (SSSR count). The molecule has 3 aromatic carbocycles. The maximum Gasteiger partial charge on any atom is 0.0538 e. The molecule has 0 fully saturated rings. The van der Waals surface area contributed by atoms with Gasteiger partial charge in [-0.05, 0) is 48.8 Å². The van der Waals surface area contributed by atoms with Crippen LogP contribution >= 0.6 is 0 Å². The van der Waals surface area contributed by atoms with Crippen molar-refractivity contribution < 1.29 is 0 Å². The summed E-state index contributed by atoms with van der Waals surface area (Å²) >= 11 is 0. The van der Waals surface area contributed by atoms with Crippen LogP contribution in [0.25, 0.3) is 30.0 Å².